The first-order chi connectivity index (χ1) is 8.19. The van der Waals surface area contributed by atoms with Crippen LogP contribution in [0.1, 0.15) is 10.5 Å². The fourth-order valence-electron chi connectivity index (χ4n) is 1.22. The molecule has 0 aliphatic heterocycles. The number of benzene rings is 1. The van der Waals surface area contributed by atoms with E-state index < -0.39 is 0 Å². The van der Waals surface area contributed by atoms with Crippen LogP contribution in [0.4, 0.5) is 5.69 Å². The second kappa shape index (κ2) is 5.53. The fraction of sp³-hybridized carbons (Fsp3) is 0.0909. The van der Waals surface area contributed by atoms with Crippen LogP contribution < -0.4 is 5.32 Å². The number of nitrogens with zero attached hydrogens (tertiary/aromatic N) is 1. The molecule has 0 fully saturated rings. The average molecular weight is 285 g/mol. The van der Waals surface area contributed by atoms with Crippen LogP contribution in [-0.4, -0.2) is 17.1 Å². The number of hydrogen-bond acceptors (Lipinski definition) is 4. The van der Waals surface area contributed by atoms with Gasteiger partial charge < -0.3 is 5.32 Å². The number of nitrogens with one attached hydrogen (secondary N) is 1. The molecule has 0 saturated heterocycles. The Labute approximate surface area is 112 Å². The monoisotopic (exact) mass is 284 g/mol. The molecule has 2 rings (SSSR count). The van der Waals surface area contributed by atoms with Crippen LogP contribution in [-0.2, 0) is 0 Å². The van der Waals surface area contributed by atoms with Gasteiger partial charge >= 0.3 is 0 Å². The molecule has 0 radical (unpaired) electrons. The Bertz CT molecular complexity index is 542. The Kier molecular flexibility index (Phi) is 4.04. The number of thioether (sulfide) groups is 1. The first-order valence-corrected chi connectivity index (χ1v) is 7.23. The number of amides is 1. The van der Waals surface area contributed by atoms with Crippen molar-refractivity contribution in [1.29, 1.82) is 0 Å². The predicted octanol–water partition coefficient (Wildman–Crippen LogP) is 3.77. The summed E-state index contributed by atoms with van der Waals surface area (Å²) in [6.45, 7) is 0. The number of carbonyl (C=O) groups excluding carboxylic acids is 1. The second-order valence-corrected chi connectivity index (χ2v) is 5.52. The Morgan fingerprint density at radius 1 is 1.53 bits per heavy atom. The molecule has 17 heavy (non-hydrogen) atoms. The molecule has 0 unspecified atom stereocenters. The van der Waals surface area contributed by atoms with Gasteiger partial charge in [0.1, 0.15) is 10.0 Å². The van der Waals surface area contributed by atoms with E-state index in [2.05, 4.69) is 10.3 Å². The van der Waals surface area contributed by atoms with E-state index >= 15 is 0 Å². The molecule has 1 aromatic heterocycles. The van der Waals surface area contributed by atoms with Gasteiger partial charge in [-0.3, -0.25) is 4.79 Å². The molecule has 88 valence electrons. The summed E-state index contributed by atoms with van der Waals surface area (Å²) in [4.78, 5) is 16.0. The lowest BCUT2D eigenvalue weighted by Gasteiger charge is -2.02. The third-order valence-electron chi connectivity index (χ3n) is 1.97. The minimum atomic E-state index is -0.219. The van der Waals surface area contributed by atoms with Crippen LogP contribution in [0.2, 0.25) is 5.02 Å². The van der Waals surface area contributed by atoms with Crippen molar-refractivity contribution in [1.82, 2.24) is 4.98 Å². The largest absolute Gasteiger partial charge is 0.321 e. The predicted molar refractivity (Wildman–Crippen MR) is 73.3 cm³/mol. The van der Waals surface area contributed by atoms with Crippen molar-refractivity contribution in [2.24, 2.45) is 0 Å². The molecule has 1 amide bonds. The standard InChI is InChI=1S/C11H9ClN2OS2/c1-16-11-14-9(6-17-11)10(15)13-8-4-2-3-7(12)5-8/h2-6H,1H3,(H,13,15). The van der Waals surface area contributed by atoms with Gasteiger partial charge in [0.2, 0.25) is 0 Å². The first-order valence-electron chi connectivity index (χ1n) is 4.75. The van der Waals surface area contributed by atoms with Crippen molar-refractivity contribution in [3.63, 3.8) is 0 Å². The normalized spacial score (nSPS) is 10.2. The zero-order valence-corrected chi connectivity index (χ0v) is 11.3. The van der Waals surface area contributed by atoms with E-state index in [1.165, 1.54) is 23.1 Å². The summed E-state index contributed by atoms with van der Waals surface area (Å²) in [6, 6.07) is 7.02. The third kappa shape index (κ3) is 3.21. The van der Waals surface area contributed by atoms with Crippen molar-refractivity contribution in [3.8, 4) is 0 Å². The Hall–Kier alpha value is -1.04. The highest BCUT2D eigenvalue weighted by Gasteiger charge is 2.10. The van der Waals surface area contributed by atoms with E-state index in [9.17, 15) is 4.79 Å². The molecule has 0 saturated carbocycles. The molecule has 2 aromatic rings. The lowest BCUT2D eigenvalue weighted by molar-refractivity contribution is 0.102. The van der Waals surface area contributed by atoms with Gasteiger partial charge in [-0.05, 0) is 24.5 Å². The van der Waals surface area contributed by atoms with Crippen LogP contribution in [0.5, 0.6) is 0 Å². The zero-order chi connectivity index (χ0) is 12.3. The van der Waals surface area contributed by atoms with Crippen molar-refractivity contribution >= 4 is 46.3 Å². The Balaban J connectivity index is 2.11. The van der Waals surface area contributed by atoms with Crippen LogP contribution in [0.25, 0.3) is 0 Å². The summed E-state index contributed by atoms with van der Waals surface area (Å²) in [5, 5.41) is 5.08. The van der Waals surface area contributed by atoms with Crippen molar-refractivity contribution < 1.29 is 4.79 Å². The highest BCUT2D eigenvalue weighted by Crippen LogP contribution is 2.21. The third-order valence-corrected chi connectivity index (χ3v) is 4.07. The Morgan fingerprint density at radius 2 is 2.35 bits per heavy atom. The number of hydrogen-bond donors (Lipinski definition) is 1. The number of carbonyl (C=O) groups is 1. The Morgan fingerprint density at radius 3 is 3.00 bits per heavy atom. The van der Waals surface area contributed by atoms with Crippen molar-refractivity contribution in [2.75, 3.05) is 11.6 Å². The number of anilines is 1. The highest BCUT2D eigenvalue weighted by molar-refractivity contribution is 8.00. The van der Waals surface area contributed by atoms with Crippen LogP contribution in [0.3, 0.4) is 0 Å². The van der Waals surface area contributed by atoms with Crippen LogP contribution in [0.15, 0.2) is 34.0 Å². The highest BCUT2D eigenvalue weighted by atomic mass is 35.5. The van der Waals surface area contributed by atoms with E-state index in [-0.39, 0.29) is 5.91 Å². The lowest BCUT2D eigenvalue weighted by Crippen LogP contribution is -2.12. The molecule has 6 heteroatoms. The molecule has 1 N–H and O–H groups in total. The molecule has 0 aliphatic rings. The van der Waals surface area contributed by atoms with Crippen LogP contribution in [0, 0.1) is 0 Å². The minimum absolute atomic E-state index is 0.219. The van der Waals surface area contributed by atoms with Gasteiger partial charge in [0.15, 0.2) is 0 Å². The number of aromatic nitrogens is 1. The van der Waals surface area contributed by atoms with Crippen molar-refractivity contribution in [3.05, 3.63) is 40.4 Å². The summed E-state index contributed by atoms with van der Waals surface area (Å²) < 4.78 is 0.876. The SMILES string of the molecule is CSc1nc(C(=O)Nc2cccc(Cl)c2)cs1. The molecule has 0 atom stereocenters. The number of thiazole rings is 1. The van der Waals surface area contributed by atoms with Gasteiger partial charge in [-0.25, -0.2) is 4.98 Å². The summed E-state index contributed by atoms with van der Waals surface area (Å²) in [6.07, 6.45) is 1.93. The maximum atomic E-state index is 11.8. The molecule has 1 aromatic carbocycles. The van der Waals surface area contributed by atoms with Gasteiger partial charge in [0, 0.05) is 16.1 Å². The maximum Gasteiger partial charge on any atom is 0.275 e. The van der Waals surface area contributed by atoms with Gasteiger partial charge in [-0.1, -0.05) is 29.4 Å². The molecular weight excluding hydrogens is 276 g/mol. The van der Waals surface area contributed by atoms with Gasteiger partial charge in [0.05, 0.1) is 0 Å². The second-order valence-electron chi connectivity index (χ2n) is 3.17. The maximum absolute atomic E-state index is 11.8. The van der Waals surface area contributed by atoms with Gasteiger partial charge in [-0.15, -0.1) is 11.3 Å². The van der Waals surface area contributed by atoms with Gasteiger partial charge in [-0.2, -0.15) is 0 Å². The van der Waals surface area contributed by atoms with E-state index in [0.717, 1.165) is 4.34 Å². The lowest BCUT2D eigenvalue weighted by atomic mass is 10.3. The zero-order valence-electron chi connectivity index (χ0n) is 8.94. The summed E-state index contributed by atoms with van der Waals surface area (Å²) in [5.41, 5.74) is 1.10. The molecule has 0 bridgehead atoms. The first kappa shape index (κ1) is 12.4. The van der Waals surface area contributed by atoms with E-state index in [1.807, 2.05) is 6.26 Å². The molecule has 0 aliphatic carbocycles. The summed E-state index contributed by atoms with van der Waals surface area (Å²) in [5.74, 6) is -0.219. The average Bonchev–Trinajstić information content (AvgIpc) is 2.77. The molecule has 0 spiro atoms. The minimum Gasteiger partial charge on any atom is -0.321 e. The smallest absolute Gasteiger partial charge is 0.275 e. The van der Waals surface area contributed by atoms with E-state index in [4.69, 9.17) is 11.6 Å². The molecular formula is C11H9ClN2OS2. The molecule has 1 heterocycles. The fourth-order valence-corrected chi connectivity index (χ4v) is 2.65. The van der Waals surface area contributed by atoms with Gasteiger partial charge in [0.25, 0.3) is 5.91 Å². The summed E-state index contributed by atoms with van der Waals surface area (Å²) in [7, 11) is 0. The van der Waals surface area contributed by atoms with E-state index in [0.29, 0.717) is 16.4 Å². The van der Waals surface area contributed by atoms with E-state index in [1.54, 1.807) is 29.6 Å². The number of rotatable bonds is 3. The topological polar surface area (TPSA) is 42.0 Å². The van der Waals surface area contributed by atoms with Crippen molar-refractivity contribution in [2.45, 2.75) is 4.34 Å². The molecule has 3 nitrogen and oxygen atoms in total. The van der Waals surface area contributed by atoms with Crippen LogP contribution >= 0.6 is 34.7 Å². The quantitative estimate of drug-likeness (QED) is 0.873. The number of halogens is 1. The summed E-state index contributed by atoms with van der Waals surface area (Å²) >= 11 is 8.81.